The maximum Gasteiger partial charge on any atom is 0.228 e. The topological polar surface area (TPSA) is 71.3 Å². The molecule has 2 aromatic heterocycles. The average molecular weight is 616 g/mol. The SMILES string of the molecule is O=C(Cc1ccc(Cl)cc1Cl)Nc1cccc(CNc2cc(-c3ccccc3Cl)nc3c(Br)cnn23)c1. The van der Waals surface area contributed by atoms with Crippen molar-refractivity contribution in [2.24, 2.45) is 0 Å². The number of carbonyl (C=O) groups is 1. The van der Waals surface area contributed by atoms with E-state index in [2.05, 4.69) is 31.7 Å². The molecule has 5 rings (SSSR count). The number of amides is 1. The zero-order chi connectivity index (χ0) is 25.9. The maximum atomic E-state index is 12.6. The Bertz CT molecular complexity index is 1620. The molecule has 0 aliphatic carbocycles. The van der Waals surface area contributed by atoms with E-state index in [1.54, 1.807) is 28.9 Å². The van der Waals surface area contributed by atoms with Gasteiger partial charge in [0, 0.05) is 38.9 Å². The van der Waals surface area contributed by atoms with Crippen molar-refractivity contribution in [2.75, 3.05) is 10.6 Å². The highest BCUT2D eigenvalue weighted by Gasteiger charge is 2.14. The van der Waals surface area contributed by atoms with E-state index in [0.717, 1.165) is 27.1 Å². The van der Waals surface area contributed by atoms with Gasteiger partial charge in [-0.3, -0.25) is 4.79 Å². The molecule has 5 aromatic rings. The van der Waals surface area contributed by atoms with Crippen molar-refractivity contribution in [3.63, 3.8) is 0 Å². The number of anilines is 2. The Hall–Kier alpha value is -3.10. The molecule has 3 aromatic carbocycles. The van der Waals surface area contributed by atoms with Crippen LogP contribution >= 0.6 is 50.7 Å². The molecule has 0 fully saturated rings. The van der Waals surface area contributed by atoms with E-state index in [-0.39, 0.29) is 12.3 Å². The van der Waals surface area contributed by atoms with Crippen LogP contribution in [0.25, 0.3) is 16.9 Å². The predicted molar refractivity (Wildman–Crippen MR) is 154 cm³/mol. The van der Waals surface area contributed by atoms with Gasteiger partial charge in [0.05, 0.1) is 22.8 Å². The van der Waals surface area contributed by atoms with Crippen molar-refractivity contribution in [3.8, 4) is 11.3 Å². The van der Waals surface area contributed by atoms with Crippen molar-refractivity contribution in [2.45, 2.75) is 13.0 Å². The molecule has 6 nitrogen and oxygen atoms in total. The zero-order valence-corrected chi connectivity index (χ0v) is 23.0. The second-order valence-corrected chi connectivity index (χ2v) is 10.4. The monoisotopic (exact) mass is 613 g/mol. The van der Waals surface area contributed by atoms with Gasteiger partial charge in [-0.15, -0.1) is 0 Å². The molecular formula is C27H19BrCl3N5O. The predicted octanol–water partition coefficient (Wildman–Crippen LogP) is 7.91. The highest BCUT2D eigenvalue weighted by molar-refractivity contribution is 9.10. The standard InChI is InChI=1S/C27H19BrCl3N5O/c28-21-15-33-36-25(13-24(35-27(21)36)20-6-1-2-7-22(20)30)32-14-16-4-3-5-19(10-16)34-26(37)11-17-8-9-18(29)12-23(17)31/h1-10,12-13,15,32H,11,14H2,(H,34,37). The van der Waals surface area contributed by atoms with Crippen LogP contribution in [0.1, 0.15) is 11.1 Å². The molecule has 2 heterocycles. The molecule has 0 atom stereocenters. The molecular weight excluding hydrogens is 597 g/mol. The third-order valence-electron chi connectivity index (χ3n) is 5.63. The fourth-order valence-corrected chi connectivity index (χ4v) is 4.92. The Morgan fingerprint density at radius 3 is 2.59 bits per heavy atom. The number of aromatic nitrogens is 3. The number of nitrogens with zero attached hydrogens (tertiary/aromatic N) is 3. The molecule has 10 heteroatoms. The summed E-state index contributed by atoms with van der Waals surface area (Å²) in [6.45, 7) is 0.491. The molecule has 0 bridgehead atoms. The smallest absolute Gasteiger partial charge is 0.228 e. The first-order valence-corrected chi connectivity index (χ1v) is 13.2. The summed E-state index contributed by atoms with van der Waals surface area (Å²) in [5.74, 6) is 0.577. The van der Waals surface area contributed by atoms with Crippen LogP contribution in [-0.2, 0) is 17.8 Å². The Morgan fingerprint density at radius 2 is 1.78 bits per heavy atom. The van der Waals surface area contributed by atoms with Crippen molar-refractivity contribution in [1.82, 2.24) is 14.6 Å². The van der Waals surface area contributed by atoms with Gasteiger partial charge < -0.3 is 10.6 Å². The lowest BCUT2D eigenvalue weighted by Crippen LogP contribution is -2.15. The lowest BCUT2D eigenvalue weighted by atomic mass is 10.1. The van der Waals surface area contributed by atoms with Crippen molar-refractivity contribution < 1.29 is 4.79 Å². The largest absolute Gasteiger partial charge is 0.366 e. The van der Waals surface area contributed by atoms with Gasteiger partial charge in [0.25, 0.3) is 0 Å². The van der Waals surface area contributed by atoms with E-state index < -0.39 is 0 Å². The second-order valence-electron chi connectivity index (χ2n) is 8.25. The first kappa shape index (κ1) is 25.5. The molecule has 0 radical (unpaired) electrons. The first-order chi connectivity index (χ1) is 17.9. The number of nitrogens with one attached hydrogen (secondary N) is 2. The minimum absolute atomic E-state index is 0.145. The van der Waals surface area contributed by atoms with E-state index in [1.807, 2.05) is 54.6 Å². The van der Waals surface area contributed by atoms with Gasteiger partial charge in [-0.1, -0.05) is 71.2 Å². The maximum absolute atomic E-state index is 12.6. The van der Waals surface area contributed by atoms with Crippen LogP contribution in [0.5, 0.6) is 0 Å². The first-order valence-electron chi connectivity index (χ1n) is 11.2. The molecule has 0 aliphatic heterocycles. The fraction of sp³-hybridized carbons (Fsp3) is 0.0741. The lowest BCUT2D eigenvalue weighted by molar-refractivity contribution is -0.115. The summed E-state index contributed by atoms with van der Waals surface area (Å²) in [5, 5.41) is 12.4. The van der Waals surface area contributed by atoms with Gasteiger partial charge in [0.15, 0.2) is 5.65 Å². The van der Waals surface area contributed by atoms with E-state index in [0.29, 0.717) is 38.5 Å². The summed E-state index contributed by atoms with van der Waals surface area (Å²) in [7, 11) is 0. The number of benzene rings is 3. The fourth-order valence-electron chi connectivity index (χ4n) is 3.86. The summed E-state index contributed by atoms with van der Waals surface area (Å²) < 4.78 is 2.50. The van der Waals surface area contributed by atoms with Crippen LogP contribution in [0, 0.1) is 0 Å². The number of halogens is 4. The molecule has 0 aliphatic rings. The minimum Gasteiger partial charge on any atom is -0.366 e. The Labute approximate surface area is 236 Å². The zero-order valence-electron chi connectivity index (χ0n) is 19.2. The van der Waals surface area contributed by atoms with E-state index >= 15 is 0 Å². The van der Waals surface area contributed by atoms with Gasteiger partial charge in [0.2, 0.25) is 5.91 Å². The van der Waals surface area contributed by atoms with Gasteiger partial charge in [-0.05, 0) is 57.4 Å². The van der Waals surface area contributed by atoms with Gasteiger partial charge in [0.1, 0.15) is 5.82 Å². The van der Waals surface area contributed by atoms with Crippen molar-refractivity contribution in [1.29, 1.82) is 0 Å². The van der Waals surface area contributed by atoms with Crippen molar-refractivity contribution in [3.05, 3.63) is 110 Å². The highest BCUT2D eigenvalue weighted by atomic mass is 79.9. The highest BCUT2D eigenvalue weighted by Crippen LogP contribution is 2.30. The number of fused-ring (bicyclic) bond motifs is 1. The Kier molecular flexibility index (Phi) is 7.67. The summed E-state index contributed by atoms with van der Waals surface area (Å²) >= 11 is 22.1. The normalized spacial score (nSPS) is 11.0. The van der Waals surface area contributed by atoms with Crippen LogP contribution in [0.4, 0.5) is 11.5 Å². The molecule has 1 amide bonds. The number of carbonyl (C=O) groups excluding carboxylic acids is 1. The van der Waals surface area contributed by atoms with Gasteiger partial charge >= 0.3 is 0 Å². The van der Waals surface area contributed by atoms with Crippen LogP contribution < -0.4 is 10.6 Å². The van der Waals surface area contributed by atoms with E-state index in [1.165, 1.54) is 0 Å². The van der Waals surface area contributed by atoms with Crippen molar-refractivity contribution >= 4 is 73.8 Å². The number of hydrogen-bond donors (Lipinski definition) is 2. The van der Waals surface area contributed by atoms with Gasteiger partial charge in [-0.25, -0.2) is 4.98 Å². The molecule has 186 valence electrons. The third kappa shape index (κ3) is 5.91. The lowest BCUT2D eigenvalue weighted by Gasteiger charge is -2.13. The number of rotatable bonds is 7. The van der Waals surface area contributed by atoms with Crippen LogP contribution in [0.3, 0.4) is 0 Å². The summed E-state index contributed by atoms with van der Waals surface area (Å²) in [6, 6.07) is 22.2. The molecule has 2 N–H and O–H groups in total. The Balaban J connectivity index is 1.33. The Morgan fingerprint density at radius 1 is 0.946 bits per heavy atom. The quantitative estimate of drug-likeness (QED) is 0.195. The third-order valence-corrected chi connectivity index (χ3v) is 7.10. The summed E-state index contributed by atoms with van der Waals surface area (Å²) in [4.78, 5) is 17.3. The van der Waals surface area contributed by atoms with Gasteiger partial charge in [-0.2, -0.15) is 9.61 Å². The van der Waals surface area contributed by atoms with Crippen LogP contribution in [0.15, 0.2) is 83.5 Å². The van der Waals surface area contributed by atoms with E-state index in [4.69, 9.17) is 39.8 Å². The van der Waals surface area contributed by atoms with E-state index in [9.17, 15) is 4.79 Å². The van der Waals surface area contributed by atoms with Crippen LogP contribution in [0.2, 0.25) is 15.1 Å². The minimum atomic E-state index is -0.170. The second kappa shape index (κ2) is 11.1. The molecule has 0 saturated carbocycles. The molecule has 37 heavy (non-hydrogen) atoms. The summed E-state index contributed by atoms with van der Waals surface area (Å²) in [5.41, 5.74) is 4.59. The summed E-state index contributed by atoms with van der Waals surface area (Å²) in [6.07, 6.45) is 1.85. The van der Waals surface area contributed by atoms with Crippen LogP contribution in [-0.4, -0.2) is 20.5 Å². The molecule has 0 saturated heterocycles. The molecule has 0 spiro atoms. The average Bonchev–Trinajstić information content (AvgIpc) is 3.25. The number of hydrogen-bond acceptors (Lipinski definition) is 4. The molecule has 0 unspecified atom stereocenters.